The Morgan fingerprint density at radius 2 is 2.25 bits per heavy atom. The van der Waals surface area contributed by atoms with Crippen molar-refractivity contribution in [2.75, 3.05) is 13.1 Å². The van der Waals surface area contributed by atoms with Crippen LogP contribution in [-0.2, 0) is 6.54 Å². The summed E-state index contributed by atoms with van der Waals surface area (Å²) in [6.07, 6.45) is 4.04. The smallest absolute Gasteiger partial charge is 0.138 e. The third-order valence-electron chi connectivity index (χ3n) is 3.74. The molecule has 90 valence electrons. The van der Waals surface area contributed by atoms with Gasteiger partial charge in [-0.25, -0.2) is 0 Å². The first kappa shape index (κ1) is 11.6. The van der Waals surface area contributed by atoms with Gasteiger partial charge in [0.2, 0.25) is 0 Å². The highest BCUT2D eigenvalue weighted by atomic mass is 16.5. The molecule has 0 amide bonds. The van der Waals surface area contributed by atoms with Crippen molar-refractivity contribution in [1.82, 2.24) is 10.1 Å². The van der Waals surface area contributed by atoms with Crippen molar-refractivity contribution in [2.45, 2.75) is 46.6 Å². The number of nitrogens with zero attached hydrogens (tertiary/aromatic N) is 2. The van der Waals surface area contributed by atoms with Crippen molar-refractivity contribution >= 4 is 0 Å². The van der Waals surface area contributed by atoms with Crippen molar-refractivity contribution in [1.29, 1.82) is 0 Å². The molecule has 1 aromatic heterocycles. The molecule has 16 heavy (non-hydrogen) atoms. The minimum absolute atomic E-state index is 0.884. The Hall–Kier alpha value is -0.830. The van der Waals surface area contributed by atoms with Crippen LogP contribution < -0.4 is 0 Å². The lowest BCUT2D eigenvalue weighted by atomic mass is 9.95. The van der Waals surface area contributed by atoms with E-state index in [2.05, 4.69) is 17.0 Å². The second kappa shape index (κ2) is 5.00. The molecule has 1 saturated heterocycles. The molecular formula is C13H22N2O. The molecular weight excluding hydrogens is 200 g/mol. The van der Waals surface area contributed by atoms with Gasteiger partial charge < -0.3 is 4.52 Å². The zero-order chi connectivity index (χ0) is 11.5. The maximum absolute atomic E-state index is 5.21. The van der Waals surface area contributed by atoms with Gasteiger partial charge in [0.15, 0.2) is 0 Å². The second-order valence-corrected chi connectivity index (χ2v) is 4.95. The average Bonchev–Trinajstić information content (AvgIpc) is 2.61. The molecule has 1 fully saturated rings. The molecule has 1 aliphatic heterocycles. The van der Waals surface area contributed by atoms with E-state index in [1.807, 2.05) is 13.8 Å². The van der Waals surface area contributed by atoms with Gasteiger partial charge in [-0.1, -0.05) is 18.5 Å². The summed E-state index contributed by atoms with van der Waals surface area (Å²) in [6, 6.07) is 0. The summed E-state index contributed by atoms with van der Waals surface area (Å²) in [4.78, 5) is 2.55. The van der Waals surface area contributed by atoms with Crippen LogP contribution >= 0.6 is 0 Å². The second-order valence-electron chi connectivity index (χ2n) is 4.95. The van der Waals surface area contributed by atoms with Gasteiger partial charge in [0.25, 0.3) is 0 Å². The third-order valence-corrected chi connectivity index (χ3v) is 3.74. The molecule has 0 bridgehead atoms. The fourth-order valence-corrected chi connectivity index (χ4v) is 2.58. The molecule has 1 unspecified atom stereocenters. The van der Waals surface area contributed by atoms with Gasteiger partial charge in [0, 0.05) is 18.7 Å². The third kappa shape index (κ3) is 2.46. The predicted octanol–water partition coefficient (Wildman–Crippen LogP) is 2.91. The van der Waals surface area contributed by atoms with E-state index in [1.165, 1.54) is 37.9 Å². The van der Waals surface area contributed by atoms with Crippen LogP contribution in [0.1, 0.15) is 43.2 Å². The standard InChI is InChI=1S/C13H22N2O/c1-4-12-6-5-7-15(8-12)9-13-10(2)14-16-11(13)3/h12H,4-9H2,1-3H3. The molecule has 2 rings (SSSR count). The lowest BCUT2D eigenvalue weighted by Crippen LogP contribution is -2.34. The minimum Gasteiger partial charge on any atom is -0.361 e. The van der Waals surface area contributed by atoms with Crippen molar-refractivity contribution in [3.05, 3.63) is 17.0 Å². The number of rotatable bonds is 3. The Kier molecular flexibility index (Phi) is 3.64. The summed E-state index contributed by atoms with van der Waals surface area (Å²) in [6.45, 7) is 9.81. The highest BCUT2D eigenvalue weighted by Crippen LogP contribution is 2.22. The van der Waals surface area contributed by atoms with Crippen LogP contribution in [0, 0.1) is 19.8 Å². The van der Waals surface area contributed by atoms with E-state index < -0.39 is 0 Å². The zero-order valence-corrected chi connectivity index (χ0v) is 10.6. The minimum atomic E-state index is 0.884. The fourth-order valence-electron chi connectivity index (χ4n) is 2.58. The number of aromatic nitrogens is 1. The van der Waals surface area contributed by atoms with E-state index >= 15 is 0 Å². The Bertz CT molecular complexity index is 326. The van der Waals surface area contributed by atoms with Gasteiger partial charge in [0.05, 0.1) is 5.69 Å². The summed E-state index contributed by atoms with van der Waals surface area (Å²) >= 11 is 0. The largest absolute Gasteiger partial charge is 0.361 e. The molecule has 0 spiro atoms. The van der Waals surface area contributed by atoms with Crippen LogP contribution in [0.5, 0.6) is 0 Å². The lowest BCUT2D eigenvalue weighted by molar-refractivity contribution is 0.164. The van der Waals surface area contributed by atoms with Gasteiger partial charge in [-0.2, -0.15) is 0 Å². The fraction of sp³-hybridized carbons (Fsp3) is 0.769. The Labute approximate surface area is 97.8 Å². The predicted molar refractivity (Wildman–Crippen MR) is 64.3 cm³/mol. The Balaban J connectivity index is 1.99. The summed E-state index contributed by atoms with van der Waals surface area (Å²) < 4.78 is 5.21. The normalized spacial score (nSPS) is 22.6. The quantitative estimate of drug-likeness (QED) is 0.787. The molecule has 1 aromatic rings. The Morgan fingerprint density at radius 3 is 2.88 bits per heavy atom. The molecule has 3 nitrogen and oxygen atoms in total. The number of likely N-dealkylation sites (tertiary alicyclic amines) is 1. The van der Waals surface area contributed by atoms with Crippen molar-refractivity contribution in [2.24, 2.45) is 5.92 Å². The topological polar surface area (TPSA) is 29.3 Å². The van der Waals surface area contributed by atoms with Gasteiger partial charge in [-0.15, -0.1) is 0 Å². The van der Waals surface area contributed by atoms with Gasteiger partial charge in [-0.3, -0.25) is 4.90 Å². The van der Waals surface area contributed by atoms with E-state index in [0.29, 0.717) is 0 Å². The summed E-state index contributed by atoms with van der Waals surface area (Å²) in [5.74, 6) is 1.87. The summed E-state index contributed by atoms with van der Waals surface area (Å²) in [5.41, 5.74) is 2.34. The average molecular weight is 222 g/mol. The molecule has 0 saturated carbocycles. The molecule has 1 aliphatic rings. The van der Waals surface area contributed by atoms with Crippen LogP contribution in [0.3, 0.4) is 0 Å². The van der Waals surface area contributed by atoms with Crippen LogP contribution in [0.15, 0.2) is 4.52 Å². The molecule has 3 heteroatoms. The summed E-state index contributed by atoms with van der Waals surface area (Å²) in [5, 5.41) is 4.02. The van der Waals surface area contributed by atoms with Crippen molar-refractivity contribution in [3.8, 4) is 0 Å². The number of piperidine rings is 1. The number of hydrogen-bond donors (Lipinski definition) is 0. The van der Waals surface area contributed by atoms with Gasteiger partial charge >= 0.3 is 0 Å². The van der Waals surface area contributed by atoms with E-state index in [4.69, 9.17) is 4.52 Å². The number of aryl methyl sites for hydroxylation is 2. The van der Waals surface area contributed by atoms with Gasteiger partial charge in [-0.05, 0) is 39.2 Å². The van der Waals surface area contributed by atoms with E-state index in [-0.39, 0.29) is 0 Å². The first-order valence-electron chi connectivity index (χ1n) is 6.34. The van der Waals surface area contributed by atoms with Crippen LogP contribution in [0.25, 0.3) is 0 Å². The van der Waals surface area contributed by atoms with Crippen LogP contribution in [0.4, 0.5) is 0 Å². The molecule has 1 atom stereocenters. The highest BCUT2D eigenvalue weighted by Gasteiger charge is 2.20. The first-order valence-corrected chi connectivity index (χ1v) is 6.34. The van der Waals surface area contributed by atoms with Crippen molar-refractivity contribution in [3.63, 3.8) is 0 Å². The maximum Gasteiger partial charge on any atom is 0.138 e. The SMILES string of the molecule is CCC1CCCN(Cc2c(C)noc2C)C1. The first-order chi connectivity index (χ1) is 7.70. The molecule has 0 aromatic carbocycles. The highest BCUT2D eigenvalue weighted by molar-refractivity contribution is 5.20. The molecule has 2 heterocycles. The Morgan fingerprint density at radius 1 is 1.44 bits per heavy atom. The maximum atomic E-state index is 5.21. The number of hydrogen-bond acceptors (Lipinski definition) is 3. The lowest BCUT2D eigenvalue weighted by Gasteiger charge is -2.32. The summed E-state index contributed by atoms with van der Waals surface area (Å²) in [7, 11) is 0. The van der Waals surface area contributed by atoms with E-state index in [0.717, 1.165) is 23.9 Å². The van der Waals surface area contributed by atoms with Crippen LogP contribution in [-0.4, -0.2) is 23.1 Å². The zero-order valence-electron chi connectivity index (χ0n) is 10.6. The van der Waals surface area contributed by atoms with E-state index in [1.54, 1.807) is 0 Å². The van der Waals surface area contributed by atoms with Crippen molar-refractivity contribution < 1.29 is 4.52 Å². The van der Waals surface area contributed by atoms with Gasteiger partial charge in [0.1, 0.15) is 5.76 Å². The van der Waals surface area contributed by atoms with E-state index in [9.17, 15) is 0 Å². The molecule has 0 N–H and O–H groups in total. The molecule has 0 aliphatic carbocycles. The monoisotopic (exact) mass is 222 g/mol. The van der Waals surface area contributed by atoms with Crippen LogP contribution in [0.2, 0.25) is 0 Å². The molecule has 0 radical (unpaired) electrons.